The first-order chi connectivity index (χ1) is 15.4. The zero-order valence-corrected chi connectivity index (χ0v) is 17.8. The Morgan fingerprint density at radius 3 is 2.41 bits per heavy atom. The Hall–Kier alpha value is -4.14. The van der Waals surface area contributed by atoms with Crippen molar-refractivity contribution < 1.29 is 23.5 Å². The standard InChI is InChI=1S/C23H24N4O5/c1-15-3-5-17(6-4-15)22-26-19(14-32-22)11-12-24-23(30)27-18-9-7-16(8-10-18)21(29)25-13-20(28)31-2/h3-10,14H,11-13H2,1-2H3,(H,25,29)(H2,24,27,30). The molecule has 0 unspecified atom stereocenters. The number of aryl methyl sites for hydroxylation is 1. The third kappa shape index (κ3) is 6.43. The van der Waals surface area contributed by atoms with Crippen LogP contribution in [0.1, 0.15) is 21.6 Å². The molecule has 1 aromatic heterocycles. The van der Waals surface area contributed by atoms with E-state index in [9.17, 15) is 14.4 Å². The molecule has 3 aromatic rings. The van der Waals surface area contributed by atoms with Crippen LogP contribution in [-0.2, 0) is 16.0 Å². The van der Waals surface area contributed by atoms with Crippen molar-refractivity contribution in [3.63, 3.8) is 0 Å². The lowest BCUT2D eigenvalue weighted by atomic mass is 10.1. The van der Waals surface area contributed by atoms with Crippen LogP contribution in [0.25, 0.3) is 11.5 Å². The van der Waals surface area contributed by atoms with Crippen molar-refractivity contribution in [2.45, 2.75) is 13.3 Å². The summed E-state index contributed by atoms with van der Waals surface area (Å²) in [6.45, 7) is 2.18. The Morgan fingerprint density at radius 2 is 1.72 bits per heavy atom. The molecule has 0 bridgehead atoms. The molecule has 0 saturated heterocycles. The molecule has 3 amide bonds. The molecule has 0 radical (unpaired) electrons. The molecule has 0 aliphatic rings. The molecule has 0 atom stereocenters. The second-order valence-corrected chi connectivity index (χ2v) is 6.98. The molecule has 3 rings (SSSR count). The Morgan fingerprint density at radius 1 is 1.00 bits per heavy atom. The Balaban J connectivity index is 1.43. The summed E-state index contributed by atoms with van der Waals surface area (Å²) in [5.41, 5.74) is 3.68. The predicted molar refractivity (Wildman–Crippen MR) is 118 cm³/mol. The lowest BCUT2D eigenvalue weighted by Gasteiger charge is -2.08. The summed E-state index contributed by atoms with van der Waals surface area (Å²) in [6, 6.07) is 13.8. The maximum atomic E-state index is 12.1. The van der Waals surface area contributed by atoms with E-state index in [1.54, 1.807) is 30.5 Å². The maximum Gasteiger partial charge on any atom is 0.325 e. The van der Waals surface area contributed by atoms with Crippen molar-refractivity contribution >= 4 is 23.6 Å². The first-order valence-corrected chi connectivity index (χ1v) is 9.96. The highest BCUT2D eigenvalue weighted by Crippen LogP contribution is 2.19. The minimum atomic E-state index is -0.537. The highest BCUT2D eigenvalue weighted by Gasteiger charge is 2.10. The summed E-state index contributed by atoms with van der Waals surface area (Å²) in [5, 5.41) is 7.88. The van der Waals surface area contributed by atoms with Crippen LogP contribution in [0.4, 0.5) is 10.5 Å². The zero-order valence-electron chi connectivity index (χ0n) is 17.8. The summed E-state index contributed by atoms with van der Waals surface area (Å²) in [5.74, 6) is -0.408. The number of hydrogen-bond acceptors (Lipinski definition) is 6. The average molecular weight is 436 g/mol. The third-order valence-electron chi connectivity index (χ3n) is 4.54. The van der Waals surface area contributed by atoms with Gasteiger partial charge in [-0.2, -0.15) is 0 Å². The van der Waals surface area contributed by atoms with Crippen LogP contribution in [0.5, 0.6) is 0 Å². The third-order valence-corrected chi connectivity index (χ3v) is 4.54. The van der Waals surface area contributed by atoms with Crippen LogP contribution in [0.3, 0.4) is 0 Å². The van der Waals surface area contributed by atoms with Crippen LogP contribution in [0.2, 0.25) is 0 Å². The first-order valence-electron chi connectivity index (χ1n) is 9.96. The first kappa shape index (κ1) is 22.5. The number of aromatic nitrogens is 1. The summed E-state index contributed by atoms with van der Waals surface area (Å²) in [6.07, 6.45) is 2.10. The van der Waals surface area contributed by atoms with E-state index in [-0.39, 0.29) is 12.6 Å². The number of benzene rings is 2. The Bertz CT molecular complexity index is 1070. The number of ether oxygens (including phenoxy) is 1. The average Bonchev–Trinajstić information content (AvgIpc) is 3.27. The number of oxazole rings is 1. The number of urea groups is 1. The second-order valence-electron chi connectivity index (χ2n) is 6.98. The van der Waals surface area contributed by atoms with E-state index in [0.29, 0.717) is 30.1 Å². The number of carbonyl (C=O) groups excluding carboxylic acids is 3. The molecule has 2 aromatic carbocycles. The van der Waals surface area contributed by atoms with Crippen molar-refractivity contribution in [1.82, 2.24) is 15.6 Å². The van der Waals surface area contributed by atoms with Gasteiger partial charge in [-0.15, -0.1) is 0 Å². The van der Waals surface area contributed by atoms with Crippen molar-refractivity contribution in [2.24, 2.45) is 0 Å². The molecule has 0 aliphatic heterocycles. The molecular formula is C23H24N4O5. The second kappa shape index (κ2) is 10.8. The van der Waals surface area contributed by atoms with Crippen molar-refractivity contribution in [1.29, 1.82) is 0 Å². The van der Waals surface area contributed by atoms with Gasteiger partial charge in [0.15, 0.2) is 0 Å². The molecule has 1 heterocycles. The fourth-order valence-electron chi connectivity index (χ4n) is 2.76. The topological polar surface area (TPSA) is 123 Å². The lowest BCUT2D eigenvalue weighted by molar-refractivity contribution is -0.139. The van der Waals surface area contributed by atoms with E-state index in [1.807, 2.05) is 31.2 Å². The van der Waals surface area contributed by atoms with Crippen molar-refractivity contribution in [3.8, 4) is 11.5 Å². The number of nitrogens with one attached hydrogen (secondary N) is 3. The minimum Gasteiger partial charge on any atom is -0.468 e. The van der Waals surface area contributed by atoms with Crippen molar-refractivity contribution in [2.75, 3.05) is 25.5 Å². The summed E-state index contributed by atoms with van der Waals surface area (Å²) < 4.78 is 9.98. The van der Waals surface area contributed by atoms with E-state index in [4.69, 9.17) is 4.42 Å². The van der Waals surface area contributed by atoms with E-state index >= 15 is 0 Å². The number of methoxy groups -OCH3 is 1. The summed E-state index contributed by atoms with van der Waals surface area (Å²) in [4.78, 5) is 39.6. The number of amides is 3. The highest BCUT2D eigenvalue weighted by atomic mass is 16.5. The van der Waals surface area contributed by atoms with Crippen LogP contribution >= 0.6 is 0 Å². The quantitative estimate of drug-likeness (QED) is 0.467. The van der Waals surface area contributed by atoms with Crippen LogP contribution in [0.15, 0.2) is 59.2 Å². The predicted octanol–water partition coefficient (Wildman–Crippen LogP) is 2.92. The monoisotopic (exact) mass is 436 g/mol. The zero-order chi connectivity index (χ0) is 22.9. The van der Waals surface area contributed by atoms with Crippen LogP contribution in [0, 0.1) is 6.92 Å². The number of nitrogens with zero attached hydrogens (tertiary/aromatic N) is 1. The fourth-order valence-corrected chi connectivity index (χ4v) is 2.76. The van der Waals surface area contributed by atoms with Gasteiger partial charge in [0.2, 0.25) is 5.89 Å². The summed E-state index contributed by atoms with van der Waals surface area (Å²) in [7, 11) is 1.24. The van der Waals surface area contributed by atoms with Gasteiger partial charge >= 0.3 is 12.0 Å². The Labute approximate surface area is 185 Å². The number of esters is 1. The molecular weight excluding hydrogens is 412 g/mol. The van der Waals surface area contributed by atoms with Gasteiger partial charge in [-0.05, 0) is 43.3 Å². The number of anilines is 1. The SMILES string of the molecule is COC(=O)CNC(=O)c1ccc(NC(=O)NCCc2coc(-c3ccc(C)cc3)n2)cc1. The van der Waals surface area contributed by atoms with Gasteiger partial charge in [0, 0.05) is 29.8 Å². The van der Waals surface area contributed by atoms with Crippen LogP contribution in [-0.4, -0.2) is 43.1 Å². The van der Waals surface area contributed by atoms with Gasteiger partial charge in [0.25, 0.3) is 5.91 Å². The van der Waals surface area contributed by atoms with E-state index in [1.165, 1.54) is 7.11 Å². The highest BCUT2D eigenvalue weighted by molar-refractivity contribution is 5.97. The van der Waals surface area contributed by atoms with Gasteiger partial charge in [-0.1, -0.05) is 17.7 Å². The van der Waals surface area contributed by atoms with Crippen molar-refractivity contribution in [3.05, 3.63) is 71.6 Å². The molecule has 166 valence electrons. The molecule has 3 N–H and O–H groups in total. The van der Waals surface area contributed by atoms with E-state index in [2.05, 4.69) is 25.7 Å². The van der Waals surface area contributed by atoms with Crippen LogP contribution < -0.4 is 16.0 Å². The molecule has 9 heteroatoms. The molecule has 0 aliphatic carbocycles. The Kier molecular flexibility index (Phi) is 7.58. The molecule has 0 fully saturated rings. The summed E-state index contributed by atoms with van der Waals surface area (Å²) >= 11 is 0. The van der Waals surface area contributed by atoms with E-state index in [0.717, 1.165) is 16.8 Å². The van der Waals surface area contributed by atoms with Gasteiger partial charge < -0.3 is 25.1 Å². The van der Waals surface area contributed by atoms with Gasteiger partial charge in [0.05, 0.1) is 12.8 Å². The normalized spacial score (nSPS) is 10.3. The largest absolute Gasteiger partial charge is 0.468 e. The molecule has 9 nitrogen and oxygen atoms in total. The number of carbonyl (C=O) groups is 3. The maximum absolute atomic E-state index is 12.1. The van der Waals surface area contributed by atoms with Gasteiger partial charge in [-0.25, -0.2) is 9.78 Å². The molecule has 0 spiro atoms. The smallest absolute Gasteiger partial charge is 0.325 e. The van der Waals surface area contributed by atoms with Gasteiger partial charge in [-0.3, -0.25) is 9.59 Å². The number of rotatable bonds is 8. The molecule has 0 saturated carbocycles. The molecule has 32 heavy (non-hydrogen) atoms. The van der Waals surface area contributed by atoms with E-state index < -0.39 is 11.9 Å². The van der Waals surface area contributed by atoms with Gasteiger partial charge in [0.1, 0.15) is 12.8 Å². The number of hydrogen-bond donors (Lipinski definition) is 3. The fraction of sp³-hybridized carbons (Fsp3) is 0.217. The lowest BCUT2D eigenvalue weighted by Crippen LogP contribution is -2.31. The minimum absolute atomic E-state index is 0.213.